The summed E-state index contributed by atoms with van der Waals surface area (Å²) in [6, 6.07) is 13.0. The maximum Gasteiger partial charge on any atom is 0.433 e. The number of alkyl halides is 3. The maximum atomic E-state index is 12.9. The highest BCUT2D eigenvalue weighted by Crippen LogP contribution is 2.36. The predicted molar refractivity (Wildman–Crippen MR) is 85.7 cm³/mol. The van der Waals surface area contributed by atoms with Crippen molar-refractivity contribution in [3.05, 3.63) is 59.3 Å². The molecule has 0 radical (unpaired) electrons. The SMILES string of the molecule is N#Cc1ccc(C(F)(F)F)nc1N1CCC(O)(c2ccccc2)CC1. The first-order valence-electron chi connectivity index (χ1n) is 7.85. The van der Waals surface area contributed by atoms with E-state index < -0.39 is 17.5 Å². The Bertz CT molecular complexity index is 791. The van der Waals surface area contributed by atoms with Gasteiger partial charge in [-0.3, -0.25) is 0 Å². The van der Waals surface area contributed by atoms with Crippen molar-refractivity contribution in [1.82, 2.24) is 4.98 Å². The summed E-state index contributed by atoms with van der Waals surface area (Å²) in [6.07, 6.45) is -3.87. The molecule has 7 heteroatoms. The smallest absolute Gasteiger partial charge is 0.385 e. The van der Waals surface area contributed by atoms with Crippen LogP contribution in [-0.4, -0.2) is 23.2 Å². The van der Waals surface area contributed by atoms with Gasteiger partial charge in [0.1, 0.15) is 17.6 Å². The third-order valence-corrected chi connectivity index (χ3v) is 4.49. The zero-order valence-corrected chi connectivity index (χ0v) is 13.3. The fraction of sp³-hybridized carbons (Fsp3) is 0.333. The number of hydrogen-bond donors (Lipinski definition) is 1. The molecule has 1 N–H and O–H groups in total. The molecule has 3 rings (SSSR count). The number of pyridine rings is 1. The molecule has 2 aromatic rings. The largest absolute Gasteiger partial charge is 0.433 e. The molecular formula is C18H16F3N3O. The van der Waals surface area contributed by atoms with Crippen molar-refractivity contribution in [3.63, 3.8) is 0 Å². The lowest BCUT2D eigenvalue weighted by atomic mass is 9.84. The minimum atomic E-state index is -4.57. The molecule has 1 saturated heterocycles. The van der Waals surface area contributed by atoms with Crippen LogP contribution < -0.4 is 4.90 Å². The normalized spacial score (nSPS) is 17.2. The number of benzene rings is 1. The Balaban J connectivity index is 1.85. The average molecular weight is 347 g/mol. The molecule has 1 fully saturated rings. The van der Waals surface area contributed by atoms with Crippen LogP contribution in [0.2, 0.25) is 0 Å². The topological polar surface area (TPSA) is 60.2 Å². The number of aliphatic hydroxyl groups is 1. The predicted octanol–water partition coefficient (Wildman–Crippen LogP) is 3.46. The van der Waals surface area contributed by atoms with Crippen LogP contribution in [0.5, 0.6) is 0 Å². The van der Waals surface area contributed by atoms with Crippen molar-refractivity contribution in [2.75, 3.05) is 18.0 Å². The lowest BCUT2D eigenvalue weighted by Gasteiger charge is -2.39. The van der Waals surface area contributed by atoms with E-state index in [-0.39, 0.29) is 11.4 Å². The molecule has 0 atom stereocenters. The first-order chi connectivity index (χ1) is 11.8. The average Bonchev–Trinajstić information content (AvgIpc) is 2.62. The van der Waals surface area contributed by atoms with Gasteiger partial charge < -0.3 is 10.0 Å². The van der Waals surface area contributed by atoms with Gasteiger partial charge in [-0.2, -0.15) is 18.4 Å². The molecule has 0 spiro atoms. The Morgan fingerprint density at radius 2 is 1.72 bits per heavy atom. The molecule has 1 aliphatic heterocycles. The third-order valence-electron chi connectivity index (χ3n) is 4.49. The van der Waals surface area contributed by atoms with E-state index >= 15 is 0 Å². The quantitative estimate of drug-likeness (QED) is 0.904. The monoisotopic (exact) mass is 347 g/mol. The summed E-state index contributed by atoms with van der Waals surface area (Å²) >= 11 is 0. The van der Waals surface area contributed by atoms with Crippen molar-refractivity contribution >= 4 is 5.82 Å². The summed E-state index contributed by atoms with van der Waals surface area (Å²) in [5.74, 6) is 0.0208. The minimum absolute atomic E-state index is 0.0208. The van der Waals surface area contributed by atoms with Crippen LogP contribution in [0.4, 0.5) is 19.0 Å². The highest BCUT2D eigenvalue weighted by Gasteiger charge is 2.37. The van der Waals surface area contributed by atoms with Crippen molar-refractivity contribution in [2.24, 2.45) is 0 Å². The van der Waals surface area contributed by atoms with Gasteiger partial charge in [0.2, 0.25) is 0 Å². The van der Waals surface area contributed by atoms with E-state index in [1.165, 1.54) is 0 Å². The lowest BCUT2D eigenvalue weighted by Crippen LogP contribution is -2.43. The van der Waals surface area contributed by atoms with Crippen LogP contribution in [0.15, 0.2) is 42.5 Å². The van der Waals surface area contributed by atoms with Crippen LogP contribution in [0, 0.1) is 11.3 Å². The highest BCUT2D eigenvalue weighted by atomic mass is 19.4. The number of nitriles is 1. The second-order valence-electron chi connectivity index (χ2n) is 6.06. The van der Waals surface area contributed by atoms with Gasteiger partial charge in [0.15, 0.2) is 0 Å². The summed E-state index contributed by atoms with van der Waals surface area (Å²) in [5.41, 5.74) is -1.16. The summed E-state index contributed by atoms with van der Waals surface area (Å²) in [5, 5.41) is 20.0. The van der Waals surface area contributed by atoms with Gasteiger partial charge >= 0.3 is 6.18 Å². The van der Waals surface area contributed by atoms with E-state index in [1.54, 1.807) is 4.90 Å². The zero-order valence-electron chi connectivity index (χ0n) is 13.3. The second-order valence-corrected chi connectivity index (χ2v) is 6.06. The molecule has 130 valence electrons. The zero-order chi connectivity index (χ0) is 18.1. The molecule has 0 aliphatic carbocycles. The van der Waals surface area contributed by atoms with Gasteiger partial charge in [0.25, 0.3) is 0 Å². The van der Waals surface area contributed by atoms with Gasteiger partial charge in [-0.05, 0) is 30.5 Å². The van der Waals surface area contributed by atoms with Crippen molar-refractivity contribution in [1.29, 1.82) is 5.26 Å². The molecule has 1 aromatic heterocycles. The Morgan fingerprint density at radius 1 is 1.08 bits per heavy atom. The van der Waals surface area contributed by atoms with Crippen molar-refractivity contribution in [3.8, 4) is 6.07 Å². The molecule has 1 aromatic carbocycles. The van der Waals surface area contributed by atoms with Gasteiger partial charge in [0.05, 0.1) is 11.2 Å². The van der Waals surface area contributed by atoms with E-state index in [0.717, 1.165) is 17.7 Å². The first kappa shape index (κ1) is 17.2. The van der Waals surface area contributed by atoms with E-state index in [9.17, 15) is 23.5 Å². The van der Waals surface area contributed by atoms with Crippen LogP contribution in [0.25, 0.3) is 0 Å². The molecule has 4 nitrogen and oxygen atoms in total. The van der Waals surface area contributed by atoms with Crippen LogP contribution in [-0.2, 0) is 11.8 Å². The number of anilines is 1. The van der Waals surface area contributed by atoms with Crippen molar-refractivity contribution < 1.29 is 18.3 Å². The lowest BCUT2D eigenvalue weighted by molar-refractivity contribution is -0.141. The number of aromatic nitrogens is 1. The summed E-state index contributed by atoms with van der Waals surface area (Å²) in [7, 11) is 0. The number of halogens is 3. The van der Waals surface area contributed by atoms with Gasteiger partial charge in [-0.25, -0.2) is 4.98 Å². The summed E-state index contributed by atoms with van der Waals surface area (Å²) < 4.78 is 38.7. The molecular weight excluding hydrogens is 331 g/mol. The van der Waals surface area contributed by atoms with Crippen LogP contribution in [0.1, 0.15) is 29.7 Å². The van der Waals surface area contributed by atoms with E-state index in [2.05, 4.69) is 4.98 Å². The van der Waals surface area contributed by atoms with Gasteiger partial charge in [-0.1, -0.05) is 30.3 Å². The highest BCUT2D eigenvalue weighted by molar-refractivity contribution is 5.55. The number of rotatable bonds is 2. The summed E-state index contributed by atoms with van der Waals surface area (Å²) in [6.45, 7) is 0.628. The molecule has 0 amide bonds. The molecule has 0 bridgehead atoms. The summed E-state index contributed by atoms with van der Waals surface area (Å²) in [4.78, 5) is 5.29. The van der Waals surface area contributed by atoms with Crippen LogP contribution >= 0.6 is 0 Å². The Labute approximate surface area is 143 Å². The maximum absolute atomic E-state index is 12.9. The number of hydrogen-bond acceptors (Lipinski definition) is 4. The van der Waals surface area contributed by atoms with Crippen molar-refractivity contribution in [2.45, 2.75) is 24.6 Å². The second kappa shape index (κ2) is 6.37. The fourth-order valence-electron chi connectivity index (χ4n) is 3.06. The van der Waals surface area contributed by atoms with E-state index in [0.29, 0.717) is 25.9 Å². The first-order valence-corrected chi connectivity index (χ1v) is 7.85. The van der Waals surface area contributed by atoms with E-state index in [1.807, 2.05) is 36.4 Å². The number of piperidine rings is 1. The Morgan fingerprint density at radius 3 is 2.28 bits per heavy atom. The standard InChI is InChI=1S/C18H16F3N3O/c19-18(20,21)15-7-6-13(12-22)16(23-15)24-10-8-17(25,9-11-24)14-4-2-1-3-5-14/h1-7,25H,8-11H2. The minimum Gasteiger partial charge on any atom is -0.385 e. The molecule has 0 unspecified atom stereocenters. The van der Waals surface area contributed by atoms with Gasteiger partial charge in [0, 0.05) is 13.1 Å². The number of nitrogens with zero attached hydrogens (tertiary/aromatic N) is 3. The van der Waals surface area contributed by atoms with E-state index in [4.69, 9.17) is 0 Å². The molecule has 0 saturated carbocycles. The molecule has 2 heterocycles. The third kappa shape index (κ3) is 3.44. The van der Waals surface area contributed by atoms with Crippen LogP contribution in [0.3, 0.4) is 0 Å². The van der Waals surface area contributed by atoms with Gasteiger partial charge in [-0.15, -0.1) is 0 Å². The molecule has 1 aliphatic rings. The Kier molecular flexibility index (Phi) is 4.39. The Hall–Kier alpha value is -2.59. The molecule has 25 heavy (non-hydrogen) atoms. The fourth-order valence-corrected chi connectivity index (χ4v) is 3.06.